The van der Waals surface area contributed by atoms with Gasteiger partial charge in [-0.05, 0) is 19.1 Å². The lowest BCUT2D eigenvalue weighted by Crippen LogP contribution is -2.31. The molecule has 2 aromatic carbocycles. The quantitative estimate of drug-likeness (QED) is 0.536. The van der Waals surface area contributed by atoms with Gasteiger partial charge in [-0.25, -0.2) is 4.39 Å². The molecule has 6 heteroatoms. The molecule has 0 unspecified atom stereocenters. The number of rotatable bonds is 11. The van der Waals surface area contributed by atoms with Gasteiger partial charge in [0.25, 0.3) is 0 Å². The van der Waals surface area contributed by atoms with Gasteiger partial charge in [0.15, 0.2) is 11.5 Å². The number of ether oxygens (including phenoxy) is 2. The van der Waals surface area contributed by atoms with E-state index in [1.165, 1.54) is 6.07 Å². The maximum Gasteiger partial charge on any atom is 0.166 e. The van der Waals surface area contributed by atoms with Gasteiger partial charge in [-0.15, -0.1) is 0 Å². The van der Waals surface area contributed by atoms with Crippen LogP contribution < -0.4 is 20.1 Å². The Bertz CT molecular complexity index is 680. The van der Waals surface area contributed by atoms with E-state index in [9.17, 15) is 9.50 Å². The summed E-state index contributed by atoms with van der Waals surface area (Å²) in [6.07, 6.45) is -0.355. The number of nitrogens with one attached hydrogen (secondary N) is 2. The van der Waals surface area contributed by atoms with Gasteiger partial charge in [-0.2, -0.15) is 0 Å². The Hall–Kier alpha value is -2.15. The van der Waals surface area contributed by atoms with Crippen molar-refractivity contribution in [3.05, 3.63) is 59.4 Å². The third-order valence-electron chi connectivity index (χ3n) is 3.84. The molecule has 0 aromatic heterocycles. The van der Waals surface area contributed by atoms with Gasteiger partial charge < -0.3 is 25.2 Å². The van der Waals surface area contributed by atoms with Crippen molar-refractivity contribution in [2.45, 2.75) is 26.2 Å². The number of aliphatic hydroxyl groups is 1. The van der Waals surface area contributed by atoms with E-state index in [2.05, 4.69) is 10.6 Å². The molecule has 142 valence electrons. The normalized spacial score (nSPS) is 12.0. The highest BCUT2D eigenvalue weighted by Crippen LogP contribution is 2.32. The first-order chi connectivity index (χ1) is 12.6. The van der Waals surface area contributed by atoms with E-state index in [1.807, 2.05) is 18.2 Å². The number of hydrogen-bond acceptors (Lipinski definition) is 5. The fraction of sp³-hybridized carbons (Fsp3) is 0.400. The Morgan fingerprint density at radius 3 is 2.50 bits per heavy atom. The summed E-state index contributed by atoms with van der Waals surface area (Å²) in [4.78, 5) is 0. The first-order valence-electron chi connectivity index (χ1n) is 8.73. The van der Waals surface area contributed by atoms with Crippen molar-refractivity contribution >= 4 is 0 Å². The van der Waals surface area contributed by atoms with Gasteiger partial charge >= 0.3 is 0 Å². The second-order valence-electron chi connectivity index (χ2n) is 6.06. The van der Waals surface area contributed by atoms with Crippen LogP contribution in [0.3, 0.4) is 0 Å². The predicted molar refractivity (Wildman–Crippen MR) is 100.0 cm³/mol. The molecule has 2 rings (SSSR count). The molecule has 3 N–H and O–H groups in total. The molecule has 0 bridgehead atoms. The van der Waals surface area contributed by atoms with Gasteiger partial charge in [0.1, 0.15) is 12.4 Å². The lowest BCUT2D eigenvalue weighted by atomic mass is 10.1. The van der Waals surface area contributed by atoms with Crippen molar-refractivity contribution in [1.82, 2.24) is 10.6 Å². The lowest BCUT2D eigenvalue weighted by Gasteiger charge is -2.16. The van der Waals surface area contributed by atoms with Gasteiger partial charge in [-0.1, -0.05) is 30.3 Å². The van der Waals surface area contributed by atoms with Crippen LogP contribution in [0.2, 0.25) is 0 Å². The highest BCUT2D eigenvalue weighted by molar-refractivity contribution is 5.46. The molecule has 0 spiro atoms. The number of methoxy groups -OCH3 is 1. The predicted octanol–water partition coefficient (Wildman–Crippen LogP) is 2.47. The van der Waals surface area contributed by atoms with E-state index in [4.69, 9.17) is 9.47 Å². The molecule has 0 heterocycles. The molecule has 5 nitrogen and oxygen atoms in total. The third-order valence-corrected chi connectivity index (χ3v) is 3.84. The minimum atomic E-state index is -0.355. The lowest BCUT2D eigenvalue weighted by molar-refractivity contribution is 0.191. The summed E-state index contributed by atoms with van der Waals surface area (Å²) in [5.41, 5.74) is 1.44. The standard InChI is InChI=1S/C20H27FN2O3/c1-15(24)12-22-10-11-23-13-16-7-5-9-19(25-2)20(16)26-14-17-6-3-4-8-18(17)21/h3-9,15,22-24H,10-14H2,1-2H3/t15-/m0/s1. The van der Waals surface area contributed by atoms with E-state index < -0.39 is 0 Å². The van der Waals surface area contributed by atoms with Crippen molar-refractivity contribution in [3.63, 3.8) is 0 Å². The second-order valence-corrected chi connectivity index (χ2v) is 6.06. The van der Waals surface area contributed by atoms with Gasteiger partial charge in [0.2, 0.25) is 0 Å². The molecule has 0 aliphatic rings. The minimum absolute atomic E-state index is 0.135. The van der Waals surface area contributed by atoms with Crippen LogP contribution in [0.4, 0.5) is 4.39 Å². The number of para-hydroxylation sites is 1. The molecule has 26 heavy (non-hydrogen) atoms. The Kier molecular flexibility index (Phi) is 8.34. The molecule has 0 saturated heterocycles. The Labute approximate surface area is 154 Å². The molecule has 0 aliphatic carbocycles. The van der Waals surface area contributed by atoms with Crippen molar-refractivity contribution < 1.29 is 19.0 Å². The van der Waals surface area contributed by atoms with Crippen molar-refractivity contribution in [2.75, 3.05) is 26.7 Å². The highest BCUT2D eigenvalue weighted by atomic mass is 19.1. The van der Waals surface area contributed by atoms with Crippen LogP contribution >= 0.6 is 0 Å². The monoisotopic (exact) mass is 362 g/mol. The first-order valence-corrected chi connectivity index (χ1v) is 8.73. The number of hydrogen-bond donors (Lipinski definition) is 3. The minimum Gasteiger partial charge on any atom is -0.493 e. The summed E-state index contributed by atoms with van der Waals surface area (Å²) in [5.74, 6) is 0.946. The summed E-state index contributed by atoms with van der Waals surface area (Å²) in [5, 5.41) is 15.7. The summed E-state index contributed by atoms with van der Waals surface area (Å²) in [6.45, 7) is 4.54. The van der Waals surface area contributed by atoms with E-state index >= 15 is 0 Å². The van der Waals surface area contributed by atoms with Gasteiger partial charge in [-0.3, -0.25) is 0 Å². The van der Waals surface area contributed by atoms with Gasteiger partial charge in [0, 0.05) is 37.3 Å². The zero-order valence-corrected chi connectivity index (χ0v) is 15.3. The molecule has 2 aromatic rings. The average Bonchev–Trinajstić information content (AvgIpc) is 2.64. The zero-order valence-electron chi connectivity index (χ0n) is 15.3. The van der Waals surface area contributed by atoms with E-state index in [0.29, 0.717) is 30.2 Å². The van der Waals surface area contributed by atoms with Crippen molar-refractivity contribution in [3.8, 4) is 11.5 Å². The Morgan fingerprint density at radius 1 is 1.04 bits per heavy atom. The summed E-state index contributed by atoms with van der Waals surface area (Å²) in [7, 11) is 1.59. The molecule has 0 aliphatic heterocycles. The second kappa shape index (κ2) is 10.8. The van der Waals surface area contributed by atoms with E-state index in [0.717, 1.165) is 18.7 Å². The molecule has 0 saturated carbocycles. The molecule has 0 fully saturated rings. The van der Waals surface area contributed by atoms with Crippen LogP contribution in [0.1, 0.15) is 18.1 Å². The Balaban J connectivity index is 1.95. The van der Waals surface area contributed by atoms with Crippen LogP contribution in [0.25, 0.3) is 0 Å². The van der Waals surface area contributed by atoms with Gasteiger partial charge in [0.05, 0.1) is 13.2 Å². The maximum absolute atomic E-state index is 13.8. The fourth-order valence-electron chi connectivity index (χ4n) is 2.50. The van der Waals surface area contributed by atoms with Crippen LogP contribution in [0, 0.1) is 5.82 Å². The molecule has 0 radical (unpaired) electrons. The van der Waals surface area contributed by atoms with Crippen molar-refractivity contribution in [2.24, 2.45) is 0 Å². The Morgan fingerprint density at radius 2 is 1.77 bits per heavy atom. The van der Waals surface area contributed by atoms with E-state index in [1.54, 1.807) is 32.2 Å². The molecular weight excluding hydrogens is 335 g/mol. The topological polar surface area (TPSA) is 62.8 Å². The van der Waals surface area contributed by atoms with E-state index in [-0.39, 0.29) is 18.5 Å². The average molecular weight is 362 g/mol. The first kappa shape index (κ1) is 20.2. The third kappa shape index (κ3) is 6.29. The number of aliphatic hydroxyl groups excluding tert-OH is 1. The van der Waals surface area contributed by atoms with Crippen molar-refractivity contribution in [1.29, 1.82) is 0 Å². The summed E-state index contributed by atoms with van der Waals surface area (Å²) < 4.78 is 25.1. The maximum atomic E-state index is 13.8. The number of halogens is 1. The van der Waals surface area contributed by atoms with Crippen LogP contribution in [-0.4, -0.2) is 38.0 Å². The largest absolute Gasteiger partial charge is 0.493 e. The summed E-state index contributed by atoms with van der Waals surface area (Å²) in [6, 6.07) is 12.2. The molecule has 1 atom stereocenters. The zero-order chi connectivity index (χ0) is 18.8. The number of benzene rings is 2. The SMILES string of the molecule is COc1cccc(CNCCNC[C@H](C)O)c1OCc1ccccc1F. The van der Waals surface area contributed by atoms with Crippen LogP contribution in [0.15, 0.2) is 42.5 Å². The summed E-state index contributed by atoms with van der Waals surface area (Å²) >= 11 is 0. The highest BCUT2D eigenvalue weighted by Gasteiger charge is 2.12. The smallest absolute Gasteiger partial charge is 0.166 e. The molecular formula is C20H27FN2O3. The van der Waals surface area contributed by atoms with Crippen LogP contribution in [0.5, 0.6) is 11.5 Å². The molecule has 0 amide bonds. The van der Waals surface area contributed by atoms with Crippen LogP contribution in [-0.2, 0) is 13.2 Å². The fourth-order valence-corrected chi connectivity index (χ4v) is 2.50.